The van der Waals surface area contributed by atoms with Gasteiger partial charge in [-0.1, -0.05) is 35.9 Å². The van der Waals surface area contributed by atoms with Crippen LogP contribution in [0.2, 0.25) is 5.02 Å². The van der Waals surface area contributed by atoms with Crippen molar-refractivity contribution in [2.24, 2.45) is 0 Å². The number of nitrogens with one attached hydrogen (secondary N) is 1. The Labute approximate surface area is 149 Å². The Morgan fingerprint density at radius 2 is 1.88 bits per heavy atom. The molecule has 25 heavy (non-hydrogen) atoms. The van der Waals surface area contributed by atoms with Gasteiger partial charge in [-0.25, -0.2) is 8.42 Å². The summed E-state index contributed by atoms with van der Waals surface area (Å²) >= 11 is 5.96. The lowest BCUT2D eigenvalue weighted by Gasteiger charge is -2.13. The number of halogens is 1. The number of nitrogens with zero attached hydrogens (tertiary/aromatic N) is 1. The smallest absolute Gasteiger partial charge is 0.263 e. The molecule has 0 amide bonds. The van der Waals surface area contributed by atoms with Gasteiger partial charge in [-0.2, -0.15) is 0 Å². The topological polar surface area (TPSA) is 99.2 Å². The number of hydrogen-bond donors (Lipinski definition) is 1. The van der Waals surface area contributed by atoms with Crippen molar-refractivity contribution >= 4 is 44.2 Å². The molecule has 0 fully saturated rings. The van der Waals surface area contributed by atoms with Gasteiger partial charge < -0.3 is 9.90 Å². The van der Waals surface area contributed by atoms with Crippen LogP contribution in [0.4, 0.5) is 5.69 Å². The van der Waals surface area contributed by atoms with Crippen LogP contribution >= 0.6 is 11.6 Å². The average molecular weight is 376 g/mol. The number of hydrogen-bond acceptors (Lipinski definition) is 5. The lowest BCUT2D eigenvalue weighted by atomic mass is 10.2. The first-order valence-electron chi connectivity index (χ1n) is 7.18. The van der Waals surface area contributed by atoms with E-state index in [1.54, 1.807) is 37.3 Å². The van der Waals surface area contributed by atoms with E-state index in [0.717, 1.165) is 6.07 Å². The van der Waals surface area contributed by atoms with Crippen LogP contribution in [0.5, 0.6) is 0 Å². The first kappa shape index (κ1) is 17.2. The van der Waals surface area contributed by atoms with Gasteiger partial charge in [0.1, 0.15) is 4.90 Å². The lowest BCUT2D eigenvalue weighted by Crippen LogP contribution is -2.23. The molecule has 0 bridgehead atoms. The minimum atomic E-state index is -4.11. The molecule has 0 aliphatic carbocycles. The highest BCUT2D eigenvalue weighted by atomic mass is 35.5. The summed E-state index contributed by atoms with van der Waals surface area (Å²) in [5.74, 6) is -1.49. The van der Waals surface area contributed by atoms with Crippen molar-refractivity contribution in [2.45, 2.75) is 11.8 Å². The molecule has 0 atom stereocenters. The van der Waals surface area contributed by atoms with E-state index in [2.05, 4.69) is 9.71 Å². The fourth-order valence-electron chi connectivity index (χ4n) is 2.43. The molecule has 0 radical (unpaired) electrons. The van der Waals surface area contributed by atoms with Gasteiger partial charge >= 0.3 is 0 Å². The second-order valence-corrected chi connectivity index (χ2v) is 7.42. The van der Waals surface area contributed by atoms with Crippen molar-refractivity contribution in [3.63, 3.8) is 0 Å². The van der Waals surface area contributed by atoms with Crippen LogP contribution in [0, 0.1) is 6.92 Å². The third kappa shape index (κ3) is 3.42. The monoisotopic (exact) mass is 375 g/mol. The van der Waals surface area contributed by atoms with Crippen LogP contribution in [-0.4, -0.2) is 19.4 Å². The van der Waals surface area contributed by atoms with Crippen molar-refractivity contribution in [1.82, 2.24) is 4.98 Å². The van der Waals surface area contributed by atoms with Gasteiger partial charge in [-0.05, 0) is 36.8 Å². The fourth-order valence-corrected chi connectivity index (χ4v) is 4.03. The number of fused-ring (bicyclic) bond motifs is 1. The minimum Gasteiger partial charge on any atom is -0.545 e. The second kappa shape index (κ2) is 6.34. The van der Waals surface area contributed by atoms with Gasteiger partial charge in [-0.3, -0.25) is 9.71 Å². The molecular formula is C17H12ClN2O4S-. The molecule has 2 aromatic carbocycles. The Hall–Kier alpha value is -2.64. The molecule has 3 aromatic rings. The van der Waals surface area contributed by atoms with Gasteiger partial charge in [0, 0.05) is 11.1 Å². The SMILES string of the molecule is Cc1cc(NS(=O)(=O)c2cc(C(=O)[O-])ccc2Cl)c2ccccc2n1. The lowest BCUT2D eigenvalue weighted by molar-refractivity contribution is -0.255. The number of aromatic nitrogens is 1. The molecule has 0 aliphatic rings. The molecule has 0 unspecified atom stereocenters. The van der Waals surface area contributed by atoms with E-state index in [4.69, 9.17) is 11.6 Å². The number of pyridine rings is 1. The van der Waals surface area contributed by atoms with E-state index in [-0.39, 0.29) is 15.5 Å². The molecule has 128 valence electrons. The predicted octanol–water partition coefficient (Wildman–Crippen LogP) is 2.36. The number of aromatic carboxylic acids is 1. The maximum Gasteiger partial charge on any atom is 0.263 e. The normalized spacial score (nSPS) is 11.4. The molecule has 1 heterocycles. The van der Waals surface area contributed by atoms with Gasteiger partial charge in [0.05, 0.1) is 22.2 Å². The van der Waals surface area contributed by atoms with Crippen LogP contribution in [-0.2, 0) is 10.0 Å². The maximum atomic E-state index is 12.7. The Bertz CT molecular complexity index is 1100. The zero-order valence-electron chi connectivity index (χ0n) is 13.0. The fraction of sp³-hybridized carbons (Fsp3) is 0.0588. The van der Waals surface area contributed by atoms with Crippen molar-refractivity contribution < 1.29 is 18.3 Å². The number of aryl methyl sites for hydroxylation is 1. The van der Waals surface area contributed by atoms with E-state index in [9.17, 15) is 18.3 Å². The third-order valence-corrected chi connectivity index (χ3v) is 5.39. The average Bonchev–Trinajstić information content (AvgIpc) is 2.54. The summed E-state index contributed by atoms with van der Waals surface area (Å²) in [6.45, 7) is 1.74. The number of para-hydroxylation sites is 1. The van der Waals surface area contributed by atoms with E-state index in [1.165, 1.54) is 12.1 Å². The van der Waals surface area contributed by atoms with Crippen molar-refractivity contribution in [1.29, 1.82) is 0 Å². The van der Waals surface area contributed by atoms with E-state index < -0.39 is 16.0 Å². The van der Waals surface area contributed by atoms with E-state index in [1.807, 2.05) is 0 Å². The maximum absolute atomic E-state index is 12.7. The van der Waals surface area contributed by atoms with Crippen LogP contribution in [0.25, 0.3) is 10.9 Å². The number of carboxylic acid groups (broad SMARTS) is 1. The van der Waals surface area contributed by atoms with Crippen LogP contribution < -0.4 is 9.83 Å². The molecule has 0 spiro atoms. The van der Waals surface area contributed by atoms with Gasteiger partial charge in [0.25, 0.3) is 10.0 Å². The largest absolute Gasteiger partial charge is 0.545 e. The Kier molecular flexibility index (Phi) is 4.36. The third-order valence-electron chi connectivity index (χ3n) is 3.54. The molecule has 3 rings (SSSR count). The number of carboxylic acids is 1. The van der Waals surface area contributed by atoms with Gasteiger partial charge in [0.2, 0.25) is 0 Å². The second-order valence-electron chi connectivity index (χ2n) is 5.37. The molecular weight excluding hydrogens is 364 g/mol. The number of sulfonamides is 1. The summed E-state index contributed by atoms with van der Waals surface area (Å²) in [5.41, 5.74) is 1.32. The summed E-state index contributed by atoms with van der Waals surface area (Å²) < 4.78 is 27.9. The molecule has 8 heteroatoms. The van der Waals surface area contributed by atoms with E-state index >= 15 is 0 Å². The summed E-state index contributed by atoms with van der Waals surface area (Å²) in [7, 11) is -4.11. The Morgan fingerprint density at radius 1 is 1.16 bits per heavy atom. The first-order chi connectivity index (χ1) is 11.8. The number of rotatable bonds is 4. The molecule has 0 aliphatic heterocycles. The zero-order valence-corrected chi connectivity index (χ0v) is 14.6. The summed E-state index contributed by atoms with van der Waals surface area (Å²) in [4.78, 5) is 15.0. The van der Waals surface area contributed by atoms with Crippen LogP contribution in [0.15, 0.2) is 53.4 Å². The highest BCUT2D eigenvalue weighted by molar-refractivity contribution is 7.92. The van der Waals surface area contributed by atoms with E-state index in [0.29, 0.717) is 22.3 Å². The standard InChI is InChI=1S/C17H13ClN2O4S/c1-10-8-15(12-4-2-3-5-14(12)19-10)20-25(23,24)16-9-11(17(21)22)6-7-13(16)18/h2-9H,1H3,(H,19,20)(H,21,22)/p-1. The van der Waals surface area contributed by atoms with Gasteiger partial charge in [0.15, 0.2) is 0 Å². The summed E-state index contributed by atoms with van der Waals surface area (Å²) in [5, 5.41) is 11.5. The van der Waals surface area contributed by atoms with Gasteiger partial charge in [-0.15, -0.1) is 0 Å². The molecule has 1 N–H and O–H groups in total. The van der Waals surface area contributed by atoms with Crippen molar-refractivity contribution in [3.8, 4) is 0 Å². The minimum absolute atomic E-state index is 0.0902. The molecule has 0 saturated carbocycles. The van der Waals surface area contributed by atoms with Crippen molar-refractivity contribution in [3.05, 3.63) is 64.8 Å². The van der Waals surface area contributed by atoms with Crippen LogP contribution in [0.3, 0.4) is 0 Å². The number of benzene rings is 2. The number of carbonyl (C=O) groups excluding carboxylic acids is 1. The zero-order chi connectivity index (χ0) is 18.2. The Balaban J connectivity index is 2.12. The molecule has 1 aromatic heterocycles. The van der Waals surface area contributed by atoms with Crippen LogP contribution in [0.1, 0.15) is 16.1 Å². The summed E-state index contributed by atoms with van der Waals surface area (Å²) in [6, 6.07) is 12.0. The summed E-state index contributed by atoms with van der Waals surface area (Å²) in [6.07, 6.45) is 0. The highest BCUT2D eigenvalue weighted by Crippen LogP contribution is 2.28. The molecule has 0 saturated heterocycles. The van der Waals surface area contributed by atoms with Crippen molar-refractivity contribution in [2.75, 3.05) is 4.72 Å². The predicted molar refractivity (Wildman–Crippen MR) is 93.1 cm³/mol. The molecule has 6 nitrogen and oxygen atoms in total. The number of anilines is 1. The highest BCUT2D eigenvalue weighted by Gasteiger charge is 2.20. The quantitative estimate of drug-likeness (QED) is 0.754. The Morgan fingerprint density at radius 3 is 2.60 bits per heavy atom. The number of carbonyl (C=O) groups is 1. The first-order valence-corrected chi connectivity index (χ1v) is 9.04.